The molecule has 0 saturated carbocycles. The van der Waals surface area contributed by atoms with Crippen molar-refractivity contribution in [3.63, 3.8) is 0 Å². The van der Waals surface area contributed by atoms with Crippen molar-refractivity contribution in [1.29, 1.82) is 0 Å². The minimum Gasteiger partial charge on any atom is -0.377 e. The van der Waals surface area contributed by atoms with Crippen LogP contribution in [0.4, 0.5) is 11.4 Å². The van der Waals surface area contributed by atoms with Crippen molar-refractivity contribution in [3.05, 3.63) is 33.3 Å². The molecule has 1 unspecified atom stereocenters. The van der Waals surface area contributed by atoms with Gasteiger partial charge in [-0.15, -0.1) is 0 Å². The molecular formula is C15H24ClN3O2. The standard InChI is InChI=1S/C15H24ClN3O2/c1-4-18(5-2)10-6-7-12(3)17-14-9-8-13(16)11-15(14)19(20)21/h8-9,11-12,17H,4-7,10H2,1-3H3. The van der Waals surface area contributed by atoms with Crippen molar-refractivity contribution < 1.29 is 4.92 Å². The first-order chi connectivity index (χ1) is 9.97. The quantitative estimate of drug-likeness (QED) is 0.549. The molecular weight excluding hydrogens is 290 g/mol. The van der Waals surface area contributed by atoms with E-state index in [2.05, 4.69) is 24.1 Å². The van der Waals surface area contributed by atoms with Crippen LogP contribution in [0, 0.1) is 10.1 Å². The van der Waals surface area contributed by atoms with E-state index in [-0.39, 0.29) is 11.7 Å². The Labute approximate surface area is 131 Å². The highest BCUT2D eigenvalue weighted by atomic mass is 35.5. The zero-order valence-electron chi connectivity index (χ0n) is 12.9. The van der Waals surface area contributed by atoms with Gasteiger partial charge < -0.3 is 10.2 Å². The van der Waals surface area contributed by atoms with Gasteiger partial charge in [0, 0.05) is 17.1 Å². The third-order valence-electron chi connectivity index (χ3n) is 3.56. The molecule has 0 aliphatic carbocycles. The third-order valence-corrected chi connectivity index (χ3v) is 3.80. The van der Waals surface area contributed by atoms with E-state index in [0.29, 0.717) is 10.7 Å². The molecule has 5 nitrogen and oxygen atoms in total. The molecule has 0 heterocycles. The molecule has 0 spiro atoms. The number of anilines is 1. The average molecular weight is 314 g/mol. The molecule has 0 amide bonds. The molecule has 21 heavy (non-hydrogen) atoms. The second-order valence-corrected chi connectivity index (χ2v) is 5.57. The van der Waals surface area contributed by atoms with Gasteiger partial charge in [0.2, 0.25) is 0 Å². The lowest BCUT2D eigenvalue weighted by Crippen LogP contribution is -2.25. The molecule has 0 bridgehead atoms. The van der Waals surface area contributed by atoms with Crippen molar-refractivity contribution in [2.45, 2.75) is 39.7 Å². The van der Waals surface area contributed by atoms with Gasteiger partial charge in [0.1, 0.15) is 5.69 Å². The topological polar surface area (TPSA) is 58.4 Å². The van der Waals surface area contributed by atoms with Crippen LogP contribution in [-0.2, 0) is 0 Å². The Hall–Kier alpha value is -1.33. The number of nitro benzene ring substituents is 1. The van der Waals surface area contributed by atoms with Crippen LogP contribution in [0.1, 0.15) is 33.6 Å². The van der Waals surface area contributed by atoms with Crippen LogP contribution in [0.3, 0.4) is 0 Å². The Balaban J connectivity index is 2.55. The third kappa shape index (κ3) is 5.89. The van der Waals surface area contributed by atoms with Crippen molar-refractivity contribution in [1.82, 2.24) is 4.90 Å². The van der Waals surface area contributed by atoms with Crippen LogP contribution in [-0.4, -0.2) is 35.5 Å². The summed E-state index contributed by atoms with van der Waals surface area (Å²) in [4.78, 5) is 13.0. The number of hydrogen-bond donors (Lipinski definition) is 1. The monoisotopic (exact) mass is 313 g/mol. The maximum atomic E-state index is 11.0. The average Bonchev–Trinajstić information content (AvgIpc) is 2.45. The summed E-state index contributed by atoms with van der Waals surface area (Å²) in [6.45, 7) is 9.52. The molecule has 0 saturated heterocycles. The fourth-order valence-corrected chi connectivity index (χ4v) is 2.44. The van der Waals surface area contributed by atoms with Crippen LogP contribution < -0.4 is 5.32 Å². The normalized spacial score (nSPS) is 12.4. The van der Waals surface area contributed by atoms with Crippen molar-refractivity contribution >= 4 is 23.0 Å². The molecule has 0 aliphatic heterocycles. The molecule has 0 aromatic heterocycles. The van der Waals surface area contributed by atoms with Crippen LogP contribution in [0.25, 0.3) is 0 Å². The number of rotatable bonds is 9. The maximum Gasteiger partial charge on any atom is 0.293 e. The summed E-state index contributed by atoms with van der Waals surface area (Å²) >= 11 is 5.81. The summed E-state index contributed by atoms with van der Waals surface area (Å²) in [6.07, 6.45) is 2.04. The molecule has 0 aliphatic rings. The molecule has 0 radical (unpaired) electrons. The summed E-state index contributed by atoms with van der Waals surface area (Å²) in [5.74, 6) is 0. The van der Waals surface area contributed by atoms with Crippen LogP contribution in [0.2, 0.25) is 5.02 Å². The second-order valence-electron chi connectivity index (χ2n) is 5.13. The van der Waals surface area contributed by atoms with E-state index in [1.807, 2.05) is 6.92 Å². The lowest BCUT2D eigenvalue weighted by molar-refractivity contribution is -0.384. The van der Waals surface area contributed by atoms with E-state index in [9.17, 15) is 10.1 Å². The van der Waals surface area contributed by atoms with Gasteiger partial charge in [0.25, 0.3) is 5.69 Å². The summed E-state index contributed by atoms with van der Waals surface area (Å²) in [7, 11) is 0. The number of nitro groups is 1. The van der Waals surface area contributed by atoms with E-state index < -0.39 is 4.92 Å². The van der Waals surface area contributed by atoms with Crippen LogP contribution in [0.5, 0.6) is 0 Å². The van der Waals surface area contributed by atoms with Gasteiger partial charge in [-0.1, -0.05) is 25.4 Å². The lowest BCUT2D eigenvalue weighted by atomic mass is 10.1. The molecule has 1 atom stereocenters. The predicted octanol–water partition coefficient (Wildman–Crippen LogP) is 4.17. The van der Waals surface area contributed by atoms with Gasteiger partial charge in [-0.25, -0.2) is 0 Å². The van der Waals surface area contributed by atoms with Gasteiger partial charge in [-0.05, 0) is 51.5 Å². The molecule has 6 heteroatoms. The summed E-state index contributed by atoms with van der Waals surface area (Å²) in [6, 6.07) is 4.90. The molecule has 1 N–H and O–H groups in total. The first-order valence-electron chi connectivity index (χ1n) is 7.40. The van der Waals surface area contributed by atoms with Crippen LogP contribution in [0.15, 0.2) is 18.2 Å². The van der Waals surface area contributed by atoms with Crippen LogP contribution >= 0.6 is 11.6 Å². The van der Waals surface area contributed by atoms with Crippen molar-refractivity contribution in [2.75, 3.05) is 25.0 Å². The van der Waals surface area contributed by atoms with Gasteiger partial charge in [-0.2, -0.15) is 0 Å². The molecule has 1 rings (SSSR count). The van der Waals surface area contributed by atoms with Crippen molar-refractivity contribution in [3.8, 4) is 0 Å². The molecule has 118 valence electrons. The van der Waals surface area contributed by atoms with E-state index >= 15 is 0 Å². The smallest absolute Gasteiger partial charge is 0.293 e. The van der Waals surface area contributed by atoms with E-state index in [0.717, 1.165) is 32.5 Å². The van der Waals surface area contributed by atoms with E-state index in [4.69, 9.17) is 11.6 Å². The van der Waals surface area contributed by atoms with Gasteiger partial charge in [-0.3, -0.25) is 10.1 Å². The molecule has 1 aromatic carbocycles. The zero-order chi connectivity index (χ0) is 15.8. The number of nitrogens with one attached hydrogen (secondary N) is 1. The Morgan fingerprint density at radius 2 is 2.05 bits per heavy atom. The Kier molecular flexibility index (Phi) is 7.47. The van der Waals surface area contributed by atoms with E-state index in [1.165, 1.54) is 6.07 Å². The molecule has 0 fully saturated rings. The van der Waals surface area contributed by atoms with E-state index in [1.54, 1.807) is 12.1 Å². The first kappa shape index (κ1) is 17.7. The fraction of sp³-hybridized carbons (Fsp3) is 0.600. The summed E-state index contributed by atoms with van der Waals surface area (Å²) in [5, 5.41) is 14.6. The molecule has 1 aromatic rings. The largest absolute Gasteiger partial charge is 0.377 e. The SMILES string of the molecule is CCN(CC)CCCC(C)Nc1ccc(Cl)cc1[N+](=O)[O-]. The zero-order valence-corrected chi connectivity index (χ0v) is 13.7. The Bertz CT molecular complexity index is 464. The fourth-order valence-electron chi connectivity index (χ4n) is 2.28. The van der Waals surface area contributed by atoms with Gasteiger partial charge in [0.15, 0.2) is 0 Å². The van der Waals surface area contributed by atoms with Crippen molar-refractivity contribution in [2.24, 2.45) is 0 Å². The first-order valence-corrected chi connectivity index (χ1v) is 7.78. The van der Waals surface area contributed by atoms with Gasteiger partial charge in [0.05, 0.1) is 4.92 Å². The lowest BCUT2D eigenvalue weighted by Gasteiger charge is -2.20. The van der Waals surface area contributed by atoms with Gasteiger partial charge >= 0.3 is 0 Å². The highest BCUT2D eigenvalue weighted by Gasteiger charge is 2.15. The number of benzene rings is 1. The highest BCUT2D eigenvalue weighted by molar-refractivity contribution is 6.30. The summed E-state index contributed by atoms with van der Waals surface area (Å²) in [5.41, 5.74) is 0.554. The minimum atomic E-state index is -0.406. The maximum absolute atomic E-state index is 11.0. The highest BCUT2D eigenvalue weighted by Crippen LogP contribution is 2.28. The minimum absolute atomic E-state index is 0.0260. The Morgan fingerprint density at radius 1 is 1.38 bits per heavy atom. The Morgan fingerprint density at radius 3 is 2.62 bits per heavy atom. The number of halogens is 1. The number of nitrogens with zero attached hydrogens (tertiary/aromatic N) is 2. The number of hydrogen-bond acceptors (Lipinski definition) is 4. The predicted molar refractivity (Wildman–Crippen MR) is 88.2 cm³/mol. The second kappa shape index (κ2) is 8.85. The summed E-state index contributed by atoms with van der Waals surface area (Å²) < 4.78 is 0.